The Balaban J connectivity index is 2.08. The molecule has 2 rings (SSSR count). The van der Waals surface area contributed by atoms with Crippen molar-refractivity contribution in [1.82, 2.24) is 0 Å². The Morgan fingerprint density at radius 2 is 2.00 bits per heavy atom. The largest absolute Gasteiger partial charge is 0.325 e. The first-order valence-corrected chi connectivity index (χ1v) is 5.52. The third-order valence-corrected chi connectivity index (χ3v) is 3.21. The Morgan fingerprint density at radius 3 is 2.44 bits per heavy atom. The van der Waals surface area contributed by atoms with Gasteiger partial charge in [0.05, 0.1) is 6.07 Å². The summed E-state index contributed by atoms with van der Waals surface area (Å²) >= 11 is 5.74. The summed E-state index contributed by atoms with van der Waals surface area (Å²) in [4.78, 5) is 11.9. The van der Waals surface area contributed by atoms with Gasteiger partial charge in [-0.1, -0.05) is 11.6 Å². The highest BCUT2D eigenvalue weighted by Crippen LogP contribution is 2.41. The van der Waals surface area contributed by atoms with Crippen molar-refractivity contribution in [3.63, 3.8) is 0 Å². The molecule has 1 aliphatic carbocycles. The number of benzene rings is 1. The molecule has 0 bridgehead atoms. The Morgan fingerprint density at radius 1 is 1.38 bits per heavy atom. The highest BCUT2D eigenvalue weighted by Gasteiger charge is 2.44. The normalized spacial score (nSPS) is 17.0. The van der Waals surface area contributed by atoms with Crippen LogP contribution in [0.15, 0.2) is 24.3 Å². The first-order chi connectivity index (χ1) is 7.66. The van der Waals surface area contributed by atoms with Crippen LogP contribution in [-0.4, -0.2) is 5.91 Å². The Kier molecular flexibility index (Phi) is 2.84. The zero-order valence-corrected chi connectivity index (χ0v) is 9.42. The predicted molar refractivity (Wildman–Crippen MR) is 62.0 cm³/mol. The summed E-state index contributed by atoms with van der Waals surface area (Å²) in [6.45, 7) is 0. The van der Waals surface area contributed by atoms with Crippen LogP contribution in [0.1, 0.15) is 19.3 Å². The second-order valence-corrected chi connectivity index (χ2v) is 4.44. The summed E-state index contributed by atoms with van der Waals surface area (Å²) in [6.07, 6.45) is 2.26. The molecule has 16 heavy (non-hydrogen) atoms. The zero-order chi connectivity index (χ0) is 11.6. The van der Waals surface area contributed by atoms with Crippen LogP contribution >= 0.6 is 11.6 Å². The lowest BCUT2D eigenvalue weighted by Crippen LogP contribution is -2.40. The van der Waals surface area contributed by atoms with Gasteiger partial charge in [-0.2, -0.15) is 5.26 Å². The van der Waals surface area contributed by atoms with Gasteiger partial charge in [0, 0.05) is 10.7 Å². The van der Waals surface area contributed by atoms with Crippen molar-refractivity contribution in [3.05, 3.63) is 29.3 Å². The van der Waals surface area contributed by atoms with Crippen LogP contribution in [0, 0.1) is 16.7 Å². The van der Waals surface area contributed by atoms with Crippen molar-refractivity contribution >= 4 is 23.2 Å². The van der Waals surface area contributed by atoms with E-state index in [1.165, 1.54) is 0 Å². The standard InChI is InChI=1S/C12H11ClN2O/c13-9-2-4-10(5-3-9)15-11(16)12(8-14)6-1-7-12/h2-5H,1,6-7H2,(H,15,16). The monoisotopic (exact) mass is 234 g/mol. The van der Waals surface area contributed by atoms with E-state index in [9.17, 15) is 4.79 Å². The third kappa shape index (κ3) is 1.89. The average Bonchev–Trinajstić information content (AvgIpc) is 2.21. The molecule has 1 N–H and O–H groups in total. The maximum Gasteiger partial charge on any atom is 0.244 e. The van der Waals surface area contributed by atoms with Crippen molar-refractivity contribution in [2.75, 3.05) is 5.32 Å². The number of nitriles is 1. The van der Waals surface area contributed by atoms with Gasteiger partial charge in [-0.3, -0.25) is 4.79 Å². The number of nitrogens with zero attached hydrogens (tertiary/aromatic N) is 1. The fourth-order valence-corrected chi connectivity index (χ4v) is 1.83. The number of nitrogens with one attached hydrogen (secondary N) is 1. The first-order valence-electron chi connectivity index (χ1n) is 5.15. The van der Waals surface area contributed by atoms with Crippen molar-refractivity contribution in [2.24, 2.45) is 5.41 Å². The van der Waals surface area contributed by atoms with E-state index in [-0.39, 0.29) is 5.91 Å². The molecule has 0 heterocycles. The van der Waals surface area contributed by atoms with E-state index in [1.807, 2.05) is 0 Å². The van der Waals surface area contributed by atoms with E-state index < -0.39 is 5.41 Å². The van der Waals surface area contributed by atoms with E-state index in [1.54, 1.807) is 24.3 Å². The van der Waals surface area contributed by atoms with Crippen LogP contribution in [-0.2, 0) is 4.79 Å². The van der Waals surface area contributed by atoms with Crippen molar-refractivity contribution in [3.8, 4) is 6.07 Å². The van der Waals surface area contributed by atoms with Crippen LogP contribution in [0.25, 0.3) is 0 Å². The molecule has 0 aliphatic heterocycles. The minimum absolute atomic E-state index is 0.205. The molecule has 0 saturated heterocycles. The van der Waals surface area contributed by atoms with Gasteiger partial charge in [-0.15, -0.1) is 0 Å². The van der Waals surface area contributed by atoms with Crippen LogP contribution in [0.5, 0.6) is 0 Å². The lowest BCUT2D eigenvalue weighted by atomic mass is 9.69. The molecule has 1 aliphatic rings. The van der Waals surface area contributed by atoms with Crippen LogP contribution < -0.4 is 5.32 Å². The molecule has 0 radical (unpaired) electrons. The minimum atomic E-state index is -0.806. The highest BCUT2D eigenvalue weighted by atomic mass is 35.5. The highest BCUT2D eigenvalue weighted by molar-refractivity contribution is 6.30. The molecule has 0 aromatic heterocycles. The number of halogens is 1. The maximum atomic E-state index is 11.9. The fourth-order valence-electron chi connectivity index (χ4n) is 1.70. The van der Waals surface area contributed by atoms with E-state index >= 15 is 0 Å². The SMILES string of the molecule is N#CC1(C(=O)Nc2ccc(Cl)cc2)CCC1. The van der Waals surface area contributed by atoms with E-state index in [4.69, 9.17) is 16.9 Å². The molecule has 1 saturated carbocycles. The van der Waals surface area contributed by atoms with Crippen molar-refractivity contribution in [1.29, 1.82) is 5.26 Å². The summed E-state index contributed by atoms with van der Waals surface area (Å²) in [5.74, 6) is -0.205. The smallest absolute Gasteiger partial charge is 0.244 e. The molecule has 0 unspecified atom stereocenters. The molecule has 82 valence electrons. The topological polar surface area (TPSA) is 52.9 Å². The number of amides is 1. The molecular weight excluding hydrogens is 224 g/mol. The van der Waals surface area contributed by atoms with Crippen molar-refractivity contribution in [2.45, 2.75) is 19.3 Å². The van der Waals surface area contributed by atoms with Crippen LogP contribution in [0.2, 0.25) is 5.02 Å². The summed E-state index contributed by atoms with van der Waals surface area (Å²) < 4.78 is 0. The van der Waals surface area contributed by atoms with E-state index in [0.29, 0.717) is 23.6 Å². The van der Waals surface area contributed by atoms with Crippen LogP contribution in [0.3, 0.4) is 0 Å². The van der Waals surface area contributed by atoms with E-state index in [2.05, 4.69) is 11.4 Å². The lowest BCUT2D eigenvalue weighted by molar-refractivity contribution is -0.126. The summed E-state index contributed by atoms with van der Waals surface area (Å²) in [5.41, 5.74) is -0.129. The molecule has 0 spiro atoms. The number of carbonyl (C=O) groups is 1. The second kappa shape index (κ2) is 4.15. The summed E-state index contributed by atoms with van der Waals surface area (Å²) in [7, 11) is 0. The predicted octanol–water partition coefficient (Wildman–Crippen LogP) is 2.97. The molecule has 0 atom stereocenters. The molecular formula is C12H11ClN2O. The van der Waals surface area contributed by atoms with Gasteiger partial charge >= 0.3 is 0 Å². The van der Waals surface area contributed by atoms with Gasteiger partial charge in [-0.25, -0.2) is 0 Å². The Labute approximate surface area is 99.0 Å². The van der Waals surface area contributed by atoms with Crippen molar-refractivity contribution < 1.29 is 4.79 Å². The number of anilines is 1. The molecule has 1 aromatic rings. The lowest BCUT2D eigenvalue weighted by Gasteiger charge is -2.33. The minimum Gasteiger partial charge on any atom is -0.325 e. The number of rotatable bonds is 2. The zero-order valence-electron chi connectivity index (χ0n) is 8.66. The molecule has 1 aromatic carbocycles. The first kappa shape index (κ1) is 11.0. The average molecular weight is 235 g/mol. The molecule has 4 heteroatoms. The number of hydrogen-bond acceptors (Lipinski definition) is 2. The Bertz CT molecular complexity index is 443. The fraction of sp³-hybridized carbons (Fsp3) is 0.333. The van der Waals surface area contributed by atoms with Gasteiger partial charge in [0.25, 0.3) is 0 Å². The maximum absolute atomic E-state index is 11.9. The molecule has 1 fully saturated rings. The summed E-state index contributed by atoms with van der Waals surface area (Å²) in [6, 6.07) is 8.97. The number of carbonyl (C=O) groups excluding carboxylic acids is 1. The van der Waals surface area contributed by atoms with Gasteiger partial charge in [0.15, 0.2) is 0 Å². The van der Waals surface area contributed by atoms with Gasteiger partial charge in [0.1, 0.15) is 5.41 Å². The summed E-state index contributed by atoms with van der Waals surface area (Å²) in [5, 5.41) is 12.4. The van der Waals surface area contributed by atoms with Crippen LogP contribution in [0.4, 0.5) is 5.69 Å². The second-order valence-electron chi connectivity index (χ2n) is 4.01. The number of hydrogen-bond donors (Lipinski definition) is 1. The van der Waals surface area contributed by atoms with Gasteiger partial charge in [0.2, 0.25) is 5.91 Å². The quantitative estimate of drug-likeness (QED) is 0.855. The Hall–Kier alpha value is -1.53. The molecule has 1 amide bonds. The van der Waals surface area contributed by atoms with Gasteiger partial charge < -0.3 is 5.32 Å². The third-order valence-electron chi connectivity index (χ3n) is 2.96. The van der Waals surface area contributed by atoms with E-state index in [0.717, 1.165) is 6.42 Å². The molecule has 3 nitrogen and oxygen atoms in total. The van der Waals surface area contributed by atoms with Gasteiger partial charge in [-0.05, 0) is 43.5 Å².